The molecule has 2 aromatic rings. The van der Waals surface area contributed by atoms with Gasteiger partial charge in [-0.3, -0.25) is 4.99 Å². The van der Waals surface area contributed by atoms with Crippen LogP contribution in [0.4, 0.5) is 4.39 Å². The van der Waals surface area contributed by atoms with Crippen LogP contribution in [0.25, 0.3) is 0 Å². The van der Waals surface area contributed by atoms with Gasteiger partial charge in [-0.15, -0.1) is 0 Å². The summed E-state index contributed by atoms with van der Waals surface area (Å²) in [5.74, 6) is 0.620. The molecule has 1 heterocycles. The summed E-state index contributed by atoms with van der Waals surface area (Å²) in [7, 11) is 0. The summed E-state index contributed by atoms with van der Waals surface area (Å²) in [5, 5.41) is 0. The van der Waals surface area contributed by atoms with Gasteiger partial charge in [0.15, 0.2) is 0 Å². The number of aliphatic imine (C=N–C) groups is 1. The Bertz CT molecular complexity index is 691. The minimum absolute atomic E-state index is 0.100. The van der Waals surface area contributed by atoms with Gasteiger partial charge in [-0.1, -0.05) is 43.0 Å². The van der Waals surface area contributed by atoms with Crippen LogP contribution in [0.5, 0.6) is 5.75 Å². The molecule has 3 rings (SSSR count). The van der Waals surface area contributed by atoms with E-state index in [1.807, 2.05) is 30.3 Å². The van der Waals surface area contributed by atoms with E-state index in [1.165, 1.54) is 6.07 Å². The van der Waals surface area contributed by atoms with Crippen LogP contribution in [0.1, 0.15) is 30.0 Å². The molecule has 1 unspecified atom stereocenters. The molecule has 0 radical (unpaired) electrons. The molecule has 2 nitrogen and oxygen atoms in total. The number of benzene rings is 2. The Balaban J connectivity index is 1.76. The van der Waals surface area contributed by atoms with Crippen molar-refractivity contribution in [2.75, 3.05) is 6.61 Å². The van der Waals surface area contributed by atoms with Crippen molar-refractivity contribution in [3.63, 3.8) is 0 Å². The molecule has 1 atom stereocenters. The topological polar surface area (TPSA) is 21.6 Å². The third-order valence-corrected chi connectivity index (χ3v) is 3.78. The van der Waals surface area contributed by atoms with E-state index in [1.54, 1.807) is 18.2 Å². The van der Waals surface area contributed by atoms with Gasteiger partial charge in [-0.05, 0) is 36.6 Å². The van der Waals surface area contributed by atoms with E-state index >= 15 is 0 Å². The highest BCUT2D eigenvalue weighted by molar-refractivity contribution is 6.02. The van der Waals surface area contributed by atoms with Crippen molar-refractivity contribution in [1.29, 1.82) is 0 Å². The first kappa shape index (κ1) is 14.5. The van der Waals surface area contributed by atoms with Crippen molar-refractivity contribution >= 4 is 5.71 Å². The molecule has 2 aromatic carbocycles. The minimum Gasteiger partial charge on any atom is -0.490 e. The Labute approximate surface area is 130 Å². The molecule has 1 aliphatic heterocycles. The first-order chi connectivity index (χ1) is 10.8. The highest BCUT2D eigenvalue weighted by Crippen LogP contribution is 2.32. The lowest BCUT2D eigenvalue weighted by Gasteiger charge is -2.08. The summed E-state index contributed by atoms with van der Waals surface area (Å²) in [5.41, 5.74) is 2.61. The molecule has 1 aliphatic rings. The lowest BCUT2D eigenvalue weighted by Crippen LogP contribution is -1.99. The van der Waals surface area contributed by atoms with E-state index in [-0.39, 0.29) is 11.9 Å². The predicted molar refractivity (Wildman–Crippen MR) is 87.0 cm³/mol. The van der Waals surface area contributed by atoms with E-state index in [9.17, 15) is 4.39 Å². The number of ether oxygens (including phenoxy) is 1. The van der Waals surface area contributed by atoms with Crippen molar-refractivity contribution in [3.05, 3.63) is 78.1 Å². The van der Waals surface area contributed by atoms with Gasteiger partial charge in [-0.25, -0.2) is 4.39 Å². The van der Waals surface area contributed by atoms with E-state index < -0.39 is 0 Å². The molecule has 0 aromatic heterocycles. The maximum atomic E-state index is 13.8. The number of halogens is 1. The molecule has 0 fully saturated rings. The van der Waals surface area contributed by atoms with Crippen molar-refractivity contribution in [3.8, 4) is 5.75 Å². The molecule has 22 heavy (non-hydrogen) atoms. The van der Waals surface area contributed by atoms with Gasteiger partial charge in [0.1, 0.15) is 18.2 Å². The van der Waals surface area contributed by atoms with Crippen molar-refractivity contribution in [2.24, 2.45) is 4.99 Å². The molecule has 0 bridgehead atoms. The SMILES string of the molecule is C=CCOc1ccc(C2CCC(c3ccccc3F)=N2)cc1. The summed E-state index contributed by atoms with van der Waals surface area (Å²) in [6, 6.07) is 14.9. The largest absolute Gasteiger partial charge is 0.490 e. The molecule has 0 N–H and O–H groups in total. The lowest BCUT2D eigenvalue weighted by atomic mass is 10.0. The molecule has 3 heteroatoms. The van der Waals surface area contributed by atoms with E-state index in [0.717, 1.165) is 29.9 Å². The van der Waals surface area contributed by atoms with Crippen LogP contribution < -0.4 is 4.74 Å². The van der Waals surface area contributed by atoms with E-state index in [4.69, 9.17) is 9.73 Å². The predicted octanol–water partition coefficient (Wildman–Crippen LogP) is 4.71. The average molecular weight is 295 g/mol. The third kappa shape index (κ3) is 3.08. The maximum absolute atomic E-state index is 13.8. The van der Waals surface area contributed by atoms with Crippen LogP contribution in [0.15, 0.2) is 66.2 Å². The first-order valence-electron chi connectivity index (χ1n) is 7.43. The fraction of sp³-hybridized carbons (Fsp3) is 0.211. The van der Waals surface area contributed by atoms with Crippen LogP contribution in [0.2, 0.25) is 0 Å². The number of rotatable bonds is 5. The van der Waals surface area contributed by atoms with E-state index in [2.05, 4.69) is 6.58 Å². The van der Waals surface area contributed by atoms with Crippen LogP contribution in [-0.4, -0.2) is 12.3 Å². The average Bonchev–Trinajstić information content (AvgIpc) is 3.03. The highest BCUT2D eigenvalue weighted by atomic mass is 19.1. The van der Waals surface area contributed by atoms with Gasteiger partial charge in [0.2, 0.25) is 0 Å². The summed E-state index contributed by atoms with van der Waals surface area (Å²) in [6.07, 6.45) is 3.44. The van der Waals surface area contributed by atoms with Crippen molar-refractivity contribution in [1.82, 2.24) is 0 Å². The maximum Gasteiger partial charge on any atom is 0.132 e. The van der Waals surface area contributed by atoms with Crippen molar-refractivity contribution < 1.29 is 9.13 Å². The zero-order valence-corrected chi connectivity index (χ0v) is 12.3. The van der Waals surface area contributed by atoms with Gasteiger partial charge < -0.3 is 4.74 Å². The van der Waals surface area contributed by atoms with Crippen LogP contribution in [0.3, 0.4) is 0 Å². The highest BCUT2D eigenvalue weighted by Gasteiger charge is 2.21. The summed E-state index contributed by atoms with van der Waals surface area (Å²) >= 11 is 0. The zero-order valence-electron chi connectivity index (χ0n) is 12.3. The Kier molecular flexibility index (Phi) is 4.33. The third-order valence-electron chi connectivity index (χ3n) is 3.78. The summed E-state index contributed by atoms with van der Waals surface area (Å²) < 4.78 is 19.3. The van der Waals surface area contributed by atoms with Gasteiger partial charge in [0.05, 0.1) is 6.04 Å². The van der Waals surface area contributed by atoms with Gasteiger partial charge in [0, 0.05) is 11.3 Å². The van der Waals surface area contributed by atoms with E-state index in [0.29, 0.717) is 12.2 Å². The second-order valence-electron chi connectivity index (χ2n) is 5.28. The summed E-state index contributed by atoms with van der Waals surface area (Å²) in [4.78, 5) is 4.70. The molecule has 0 saturated heterocycles. The first-order valence-corrected chi connectivity index (χ1v) is 7.43. The molecule has 0 amide bonds. The molecular weight excluding hydrogens is 277 g/mol. The standard InChI is InChI=1S/C19H18FNO/c1-2-13-22-15-9-7-14(8-10-15)18-11-12-19(21-18)16-5-3-4-6-17(16)20/h2-10,18H,1,11-13H2. The number of hydrogen-bond acceptors (Lipinski definition) is 2. The van der Waals surface area contributed by atoms with Crippen molar-refractivity contribution in [2.45, 2.75) is 18.9 Å². The normalized spacial score (nSPS) is 17.1. The van der Waals surface area contributed by atoms with Gasteiger partial charge >= 0.3 is 0 Å². The molecule has 0 spiro atoms. The van der Waals surface area contributed by atoms with Crippen LogP contribution >= 0.6 is 0 Å². The minimum atomic E-state index is -0.199. The van der Waals surface area contributed by atoms with Crippen LogP contribution in [-0.2, 0) is 0 Å². The quantitative estimate of drug-likeness (QED) is 0.732. The lowest BCUT2D eigenvalue weighted by molar-refractivity contribution is 0.363. The van der Waals surface area contributed by atoms with Gasteiger partial charge in [0.25, 0.3) is 0 Å². The smallest absolute Gasteiger partial charge is 0.132 e. The van der Waals surface area contributed by atoms with Gasteiger partial charge in [-0.2, -0.15) is 0 Å². The molecule has 0 saturated carbocycles. The fourth-order valence-electron chi connectivity index (χ4n) is 2.67. The zero-order chi connectivity index (χ0) is 15.4. The molecular formula is C19H18FNO. The number of hydrogen-bond donors (Lipinski definition) is 0. The second kappa shape index (κ2) is 6.56. The Hall–Kier alpha value is -2.42. The van der Waals surface area contributed by atoms with Crippen LogP contribution in [0, 0.1) is 5.82 Å². The Morgan fingerprint density at radius 1 is 1.18 bits per heavy atom. The Morgan fingerprint density at radius 3 is 2.68 bits per heavy atom. The Morgan fingerprint density at radius 2 is 1.95 bits per heavy atom. The number of nitrogens with zero attached hydrogens (tertiary/aromatic N) is 1. The second-order valence-corrected chi connectivity index (χ2v) is 5.28. The molecule has 112 valence electrons. The molecule has 0 aliphatic carbocycles. The fourth-order valence-corrected chi connectivity index (χ4v) is 2.67. The summed E-state index contributed by atoms with van der Waals surface area (Å²) in [6.45, 7) is 4.13. The monoisotopic (exact) mass is 295 g/mol.